The van der Waals surface area contributed by atoms with Crippen LogP contribution in [-0.2, 0) is 4.79 Å². The van der Waals surface area contributed by atoms with E-state index in [1.54, 1.807) is 31.4 Å². The van der Waals surface area contributed by atoms with Gasteiger partial charge in [0.2, 0.25) is 11.9 Å². The third-order valence-corrected chi connectivity index (χ3v) is 4.36. The molecule has 0 aromatic carbocycles. The van der Waals surface area contributed by atoms with Crippen molar-refractivity contribution in [1.29, 1.82) is 0 Å². The molecule has 0 atom stereocenters. The van der Waals surface area contributed by atoms with Gasteiger partial charge in [0.05, 0.1) is 0 Å². The Morgan fingerprint density at radius 1 is 1.30 bits per heavy atom. The Kier molecular flexibility index (Phi) is 11.0. The Balaban J connectivity index is 0.00000364. The standard InChI is InChI=1S/C18H31N7O.HI/c1-4-5-9-19-17(22-14-16(26)24(2)3)23-15-7-12-25(13-8-15)18-20-10-6-11-21-18;/h6,10-11,15H,4-5,7-9,12-14H2,1-3H3,(H2,19,22,23);1H. The van der Waals surface area contributed by atoms with E-state index in [0.29, 0.717) is 6.04 Å². The zero-order valence-electron chi connectivity index (χ0n) is 16.5. The molecule has 0 saturated carbocycles. The highest BCUT2D eigenvalue weighted by Crippen LogP contribution is 2.15. The van der Waals surface area contributed by atoms with Gasteiger partial charge in [0, 0.05) is 52.2 Å². The number of amides is 1. The SMILES string of the molecule is CCCCNC(=NCC(=O)N(C)C)NC1CCN(c2ncccn2)CC1.I. The van der Waals surface area contributed by atoms with Crippen LogP contribution in [0.3, 0.4) is 0 Å². The Bertz CT molecular complexity index is 574. The molecular formula is C18H32IN7O. The molecule has 27 heavy (non-hydrogen) atoms. The monoisotopic (exact) mass is 489 g/mol. The Hall–Kier alpha value is -1.65. The molecule has 1 amide bonds. The maximum Gasteiger partial charge on any atom is 0.243 e. The minimum atomic E-state index is -0.00219. The lowest BCUT2D eigenvalue weighted by Crippen LogP contribution is -2.49. The highest BCUT2D eigenvalue weighted by atomic mass is 127. The van der Waals surface area contributed by atoms with Gasteiger partial charge < -0.3 is 20.4 Å². The Morgan fingerprint density at radius 3 is 2.56 bits per heavy atom. The number of nitrogens with zero attached hydrogens (tertiary/aromatic N) is 5. The van der Waals surface area contributed by atoms with Gasteiger partial charge in [-0.2, -0.15) is 0 Å². The number of aliphatic imine (C=N–C) groups is 1. The number of anilines is 1. The fraction of sp³-hybridized carbons (Fsp3) is 0.667. The summed E-state index contributed by atoms with van der Waals surface area (Å²) in [6.45, 7) is 4.98. The van der Waals surface area contributed by atoms with Crippen molar-refractivity contribution in [3.05, 3.63) is 18.5 Å². The predicted molar refractivity (Wildman–Crippen MR) is 120 cm³/mol. The zero-order chi connectivity index (χ0) is 18.8. The molecular weight excluding hydrogens is 457 g/mol. The highest BCUT2D eigenvalue weighted by Gasteiger charge is 2.21. The molecule has 1 fully saturated rings. The second kappa shape index (κ2) is 12.7. The van der Waals surface area contributed by atoms with Crippen molar-refractivity contribution in [1.82, 2.24) is 25.5 Å². The highest BCUT2D eigenvalue weighted by molar-refractivity contribution is 14.0. The average Bonchev–Trinajstić information content (AvgIpc) is 2.67. The maximum atomic E-state index is 11.8. The molecule has 9 heteroatoms. The lowest BCUT2D eigenvalue weighted by Gasteiger charge is -2.33. The lowest BCUT2D eigenvalue weighted by molar-refractivity contribution is -0.127. The normalized spacial score (nSPS) is 15.1. The number of nitrogens with one attached hydrogen (secondary N) is 2. The van der Waals surface area contributed by atoms with Gasteiger partial charge in [-0.15, -0.1) is 24.0 Å². The van der Waals surface area contributed by atoms with E-state index in [1.807, 2.05) is 6.07 Å². The van der Waals surface area contributed by atoms with Crippen molar-refractivity contribution >= 4 is 41.8 Å². The number of halogens is 1. The van der Waals surface area contributed by atoms with Gasteiger partial charge in [-0.25, -0.2) is 15.0 Å². The molecule has 0 radical (unpaired) electrons. The first-order valence-electron chi connectivity index (χ1n) is 9.37. The van der Waals surface area contributed by atoms with Crippen molar-refractivity contribution in [3.8, 4) is 0 Å². The molecule has 1 aromatic rings. The molecule has 8 nitrogen and oxygen atoms in total. The fourth-order valence-corrected chi connectivity index (χ4v) is 2.70. The van der Waals surface area contributed by atoms with Gasteiger partial charge >= 0.3 is 0 Å². The number of aromatic nitrogens is 2. The van der Waals surface area contributed by atoms with Crippen LogP contribution in [0.1, 0.15) is 32.6 Å². The first-order valence-corrected chi connectivity index (χ1v) is 9.37. The molecule has 1 aliphatic heterocycles. The van der Waals surface area contributed by atoms with E-state index in [2.05, 4.69) is 37.4 Å². The van der Waals surface area contributed by atoms with Crippen LogP contribution in [-0.4, -0.2) is 73.1 Å². The third-order valence-electron chi connectivity index (χ3n) is 4.36. The minimum Gasteiger partial charge on any atom is -0.356 e. The Morgan fingerprint density at radius 2 is 1.96 bits per heavy atom. The van der Waals surface area contributed by atoms with Crippen molar-refractivity contribution in [2.45, 2.75) is 38.6 Å². The van der Waals surface area contributed by atoms with Crippen LogP contribution in [0.5, 0.6) is 0 Å². The lowest BCUT2D eigenvalue weighted by atomic mass is 10.1. The second-order valence-electron chi connectivity index (χ2n) is 6.69. The fourth-order valence-electron chi connectivity index (χ4n) is 2.70. The molecule has 0 spiro atoms. The zero-order valence-corrected chi connectivity index (χ0v) is 18.8. The van der Waals surface area contributed by atoms with Crippen LogP contribution in [0.4, 0.5) is 5.95 Å². The van der Waals surface area contributed by atoms with E-state index in [9.17, 15) is 4.79 Å². The first-order chi connectivity index (χ1) is 12.6. The van der Waals surface area contributed by atoms with Crippen LogP contribution in [0, 0.1) is 0 Å². The summed E-state index contributed by atoms with van der Waals surface area (Å²) in [5.41, 5.74) is 0. The summed E-state index contributed by atoms with van der Waals surface area (Å²) in [6.07, 6.45) is 7.70. The van der Waals surface area contributed by atoms with Crippen molar-refractivity contribution in [3.63, 3.8) is 0 Å². The number of hydrogen-bond acceptors (Lipinski definition) is 5. The molecule has 2 heterocycles. The molecule has 1 aliphatic rings. The molecule has 0 aliphatic carbocycles. The van der Waals surface area contributed by atoms with E-state index >= 15 is 0 Å². The van der Waals surface area contributed by atoms with Crippen molar-refractivity contribution < 1.29 is 4.79 Å². The molecule has 0 unspecified atom stereocenters. The molecule has 1 aromatic heterocycles. The number of rotatable bonds is 7. The smallest absolute Gasteiger partial charge is 0.243 e. The van der Waals surface area contributed by atoms with E-state index in [-0.39, 0.29) is 36.4 Å². The third kappa shape index (κ3) is 8.27. The van der Waals surface area contributed by atoms with Crippen LogP contribution in [0.2, 0.25) is 0 Å². The summed E-state index contributed by atoms with van der Waals surface area (Å²) in [7, 11) is 3.49. The van der Waals surface area contributed by atoms with Crippen LogP contribution < -0.4 is 15.5 Å². The molecule has 0 bridgehead atoms. The summed E-state index contributed by atoms with van der Waals surface area (Å²) >= 11 is 0. The van der Waals surface area contributed by atoms with E-state index in [1.165, 1.54) is 0 Å². The number of carbonyl (C=O) groups excluding carboxylic acids is 1. The van der Waals surface area contributed by atoms with Crippen molar-refractivity contribution in [2.75, 3.05) is 45.2 Å². The minimum absolute atomic E-state index is 0. The number of hydrogen-bond donors (Lipinski definition) is 2. The quantitative estimate of drug-likeness (QED) is 0.261. The van der Waals surface area contributed by atoms with Gasteiger partial charge in [-0.1, -0.05) is 13.3 Å². The number of likely N-dealkylation sites (N-methyl/N-ethyl adjacent to an activating group) is 1. The van der Waals surface area contributed by atoms with Crippen LogP contribution >= 0.6 is 24.0 Å². The predicted octanol–water partition coefficient (Wildman–Crippen LogP) is 1.49. The first kappa shape index (κ1) is 23.4. The average molecular weight is 489 g/mol. The van der Waals surface area contributed by atoms with Gasteiger partial charge in [0.15, 0.2) is 5.96 Å². The summed E-state index contributed by atoms with van der Waals surface area (Å²) in [5.74, 6) is 1.51. The number of unbranched alkanes of at least 4 members (excludes halogenated alkanes) is 1. The topological polar surface area (TPSA) is 85.8 Å². The Labute approximate surface area is 179 Å². The largest absolute Gasteiger partial charge is 0.356 e. The summed E-state index contributed by atoms with van der Waals surface area (Å²) < 4.78 is 0. The van der Waals surface area contributed by atoms with Gasteiger partial charge in [0.25, 0.3) is 0 Å². The molecule has 1 saturated heterocycles. The number of guanidine groups is 1. The number of piperidine rings is 1. The van der Waals surface area contributed by atoms with E-state index < -0.39 is 0 Å². The second-order valence-corrected chi connectivity index (χ2v) is 6.69. The van der Waals surface area contributed by atoms with E-state index in [4.69, 9.17) is 0 Å². The molecule has 2 rings (SSSR count). The van der Waals surface area contributed by atoms with Gasteiger partial charge in [-0.05, 0) is 25.3 Å². The van der Waals surface area contributed by atoms with E-state index in [0.717, 1.165) is 57.2 Å². The van der Waals surface area contributed by atoms with Crippen LogP contribution in [0.25, 0.3) is 0 Å². The maximum absolute atomic E-state index is 11.8. The summed E-state index contributed by atoms with van der Waals surface area (Å²) in [4.78, 5) is 28.7. The molecule has 2 N–H and O–H groups in total. The number of carbonyl (C=O) groups is 1. The van der Waals surface area contributed by atoms with Gasteiger partial charge in [0.1, 0.15) is 6.54 Å². The molecule has 152 valence electrons. The summed E-state index contributed by atoms with van der Waals surface area (Å²) in [6, 6.07) is 2.16. The summed E-state index contributed by atoms with van der Waals surface area (Å²) in [5, 5.41) is 6.82. The van der Waals surface area contributed by atoms with Gasteiger partial charge in [-0.3, -0.25) is 4.79 Å². The van der Waals surface area contributed by atoms with Crippen molar-refractivity contribution in [2.24, 2.45) is 4.99 Å². The van der Waals surface area contributed by atoms with Crippen LogP contribution in [0.15, 0.2) is 23.5 Å².